The van der Waals surface area contributed by atoms with Gasteiger partial charge >= 0.3 is 0 Å². The number of nitrogens with one attached hydrogen (secondary N) is 2. The molecule has 0 unspecified atom stereocenters. The number of carbonyl (C=O) groups is 2. The highest BCUT2D eigenvalue weighted by Crippen LogP contribution is 2.29. The predicted octanol–water partition coefficient (Wildman–Crippen LogP) is 2.45. The Morgan fingerprint density at radius 3 is 2.77 bits per heavy atom. The van der Waals surface area contributed by atoms with Gasteiger partial charge in [0.05, 0.1) is 35.6 Å². The van der Waals surface area contributed by atoms with Crippen molar-refractivity contribution in [1.29, 1.82) is 0 Å². The first-order valence-electron chi connectivity index (χ1n) is 9.32. The Labute approximate surface area is 184 Å². The topological polar surface area (TPSA) is 115 Å². The number of anilines is 1. The zero-order valence-corrected chi connectivity index (χ0v) is 18.6. The molecule has 2 amide bonds. The van der Waals surface area contributed by atoms with Crippen LogP contribution >= 0.6 is 22.7 Å². The summed E-state index contributed by atoms with van der Waals surface area (Å²) in [5, 5.41) is 6.14. The molecule has 0 radical (unpaired) electrons. The molecule has 11 heteroatoms. The van der Waals surface area contributed by atoms with Crippen molar-refractivity contribution in [2.45, 2.75) is 20.4 Å². The predicted molar refractivity (Wildman–Crippen MR) is 121 cm³/mol. The van der Waals surface area contributed by atoms with E-state index in [2.05, 4.69) is 20.6 Å². The molecule has 0 saturated heterocycles. The maximum Gasteiger partial charge on any atom is 0.262 e. The third-order valence-electron chi connectivity index (χ3n) is 4.76. The standard InChI is InChI=1S/C20H19N5O4S2/c1-10-11(2)30-18-17(10)19(28)25(9-22-18)8-16(27)21-7-15(26)24-20-23-13-5-4-12(29-3)6-14(13)31-20/h4-6,9H,7-8H2,1-3H3,(H,21,27)(H,23,24,26). The molecule has 31 heavy (non-hydrogen) atoms. The van der Waals surface area contributed by atoms with Crippen LogP contribution in [0, 0.1) is 13.8 Å². The van der Waals surface area contributed by atoms with Gasteiger partial charge in [-0.3, -0.25) is 19.0 Å². The van der Waals surface area contributed by atoms with Gasteiger partial charge in [0.1, 0.15) is 17.1 Å². The lowest BCUT2D eigenvalue weighted by Gasteiger charge is -2.07. The van der Waals surface area contributed by atoms with Crippen LogP contribution in [0.4, 0.5) is 5.13 Å². The number of rotatable bonds is 6. The van der Waals surface area contributed by atoms with E-state index >= 15 is 0 Å². The molecule has 0 aliphatic heterocycles. The monoisotopic (exact) mass is 457 g/mol. The summed E-state index contributed by atoms with van der Waals surface area (Å²) in [7, 11) is 1.58. The second kappa shape index (κ2) is 8.44. The summed E-state index contributed by atoms with van der Waals surface area (Å²) in [6.07, 6.45) is 1.36. The van der Waals surface area contributed by atoms with Gasteiger partial charge < -0.3 is 15.4 Å². The quantitative estimate of drug-likeness (QED) is 0.460. The van der Waals surface area contributed by atoms with E-state index in [-0.39, 0.29) is 18.6 Å². The fraction of sp³-hybridized carbons (Fsp3) is 0.250. The molecule has 3 heterocycles. The third kappa shape index (κ3) is 4.28. The third-order valence-corrected chi connectivity index (χ3v) is 6.81. The van der Waals surface area contributed by atoms with Crippen molar-refractivity contribution in [1.82, 2.24) is 19.9 Å². The van der Waals surface area contributed by atoms with Crippen molar-refractivity contribution in [2.75, 3.05) is 19.0 Å². The van der Waals surface area contributed by atoms with Crippen LogP contribution in [0.25, 0.3) is 20.4 Å². The summed E-state index contributed by atoms with van der Waals surface area (Å²) < 4.78 is 7.30. The molecule has 1 aromatic carbocycles. The summed E-state index contributed by atoms with van der Waals surface area (Å²) in [5.41, 5.74) is 1.35. The van der Waals surface area contributed by atoms with Gasteiger partial charge in [0.2, 0.25) is 11.8 Å². The van der Waals surface area contributed by atoms with Crippen molar-refractivity contribution in [3.8, 4) is 5.75 Å². The Morgan fingerprint density at radius 2 is 2.00 bits per heavy atom. The summed E-state index contributed by atoms with van der Waals surface area (Å²) in [4.78, 5) is 47.4. The van der Waals surface area contributed by atoms with Crippen molar-refractivity contribution in [2.24, 2.45) is 0 Å². The Balaban J connectivity index is 1.37. The number of thiazole rings is 1. The summed E-state index contributed by atoms with van der Waals surface area (Å²) >= 11 is 2.76. The van der Waals surface area contributed by atoms with Gasteiger partial charge in [0.15, 0.2) is 5.13 Å². The van der Waals surface area contributed by atoms with Gasteiger partial charge in [0.25, 0.3) is 5.56 Å². The van der Waals surface area contributed by atoms with Crippen LogP contribution in [0.1, 0.15) is 10.4 Å². The first kappa shape index (κ1) is 20.9. The molecule has 0 spiro atoms. The van der Waals surface area contributed by atoms with Gasteiger partial charge in [-0.15, -0.1) is 11.3 Å². The molecular formula is C20H19N5O4S2. The van der Waals surface area contributed by atoms with Gasteiger partial charge in [-0.2, -0.15) is 0 Å². The zero-order chi connectivity index (χ0) is 22.1. The summed E-state index contributed by atoms with van der Waals surface area (Å²) in [6.45, 7) is 3.34. The number of carbonyl (C=O) groups excluding carboxylic acids is 2. The van der Waals surface area contributed by atoms with E-state index in [1.165, 1.54) is 33.6 Å². The van der Waals surface area contributed by atoms with E-state index in [1.54, 1.807) is 19.2 Å². The maximum absolute atomic E-state index is 12.7. The second-order valence-electron chi connectivity index (χ2n) is 6.82. The molecule has 0 aliphatic carbocycles. The first-order chi connectivity index (χ1) is 14.9. The molecule has 9 nitrogen and oxygen atoms in total. The first-order valence-corrected chi connectivity index (χ1v) is 10.9. The van der Waals surface area contributed by atoms with Gasteiger partial charge in [-0.1, -0.05) is 11.3 Å². The number of methoxy groups -OCH3 is 1. The van der Waals surface area contributed by atoms with E-state index in [0.29, 0.717) is 21.1 Å². The Morgan fingerprint density at radius 1 is 1.19 bits per heavy atom. The van der Waals surface area contributed by atoms with Crippen LogP contribution < -0.4 is 20.9 Å². The lowest BCUT2D eigenvalue weighted by Crippen LogP contribution is -2.37. The number of ether oxygens (including phenoxy) is 1. The number of nitrogens with zero attached hydrogens (tertiary/aromatic N) is 3. The number of fused-ring (bicyclic) bond motifs is 2. The number of thiophene rings is 1. The number of hydrogen-bond donors (Lipinski definition) is 2. The minimum absolute atomic E-state index is 0.218. The minimum Gasteiger partial charge on any atom is -0.497 e. The number of benzene rings is 1. The van der Waals surface area contributed by atoms with Gasteiger partial charge in [-0.05, 0) is 37.6 Å². The highest BCUT2D eigenvalue weighted by Gasteiger charge is 2.15. The Hall–Kier alpha value is -3.31. The lowest BCUT2D eigenvalue weighted by atomic mass is 10.2. The zero-order valence-electron chi connectivity index (χ0n) is 17.0. The van der Waals surface area contributed by atoms with E-state index in [1.807, 2.05) is 19.9 Å². The van der Waals surface area contributed by atoms with Gasteiger partial charge in [-0.25, -0.2) is 9.97 Å². The molecular weight excluding hydrogens is 438 g/mol. The number of hydrogen-bond acceptors (Lipinski definition) is 8. The highest BCUT2D eigenvalue weighted by molar-refractivity contribution is 7.22. The molecule has 0 bridgehead atoms. The van der Waals surface area contributed by atoms with E-state index < -0.39 is 11.8 Å². The molecule has 0 fully saturated rings. The van der Waals surface area contributed by atoms with Crippen LogP contribution in [-0.4, -0.2) is 40.0 Å². The summed E-state index contributed by atoms with van der Waals surface area (Å²) in [6, 6.07) is 5.44. The molecule has 0 atom stereocenters. The molecule has 2 N–H and O–H groups in total. The van der Waals surface area contributed by atoms with Gasteiger partial charge in [0, 0.05) is 4.88 Å². The number of aromatic nitrogens is 3. The van der Waals surface area contributed by atoms with Crippen LogP contribution in [0.2, 0.25) is 0 Å². The SMILES string of the molecule is COc1ccc2nc(NC(=O)CNC(=O)Cn3cnc4sc(C)c(C)c4c3=O)sc2c1. The molecule has 160 valence electrons. The largest absolute Gasteiger partial charge is 0.497 e. The summed E-state index contributed by atoms with van der Waals surface area (Å²) in [5.74, 6) is -0.168. The van der Waals surface area contributed by atoms with E-state index in [9.17, 15) is 14.4 Å². The van der Waals surface area contributed by atoms with E-state index in [0.717, 1.165) is 20.7 Å². The van der Waals surface area contributed by atoms with Crippen molar-refractivity contribution < 1.29 is 14.3 Å². The number of aryl methyl sites for hydroxylation is 2. The molecule has 4 aromatic rings. The number of amides is 2. The molecule has 4 rings (SSSR count). The average molecular weight is 458 g/mol. The van der Waals surface area contributed by atoms with Crippen molar-refractivity contribution in [3.05, 3.63) is 45.3 Å². The molecule has 0 aliphatic rings. The van der Waals surface area contributed by atoms with Crippen LogP contribution in [0.5, 0.6) is 5.75 Å². The Bertz CT molecular complexity index is 1370. The van der Waals surface area contributed by atoms with Crippen LogP contribution in [-0.2, 0) is 16.1 Å². The fourth-order valence-electron chi connectivity index (χ4n) is 3.02. The van der Waals surface area contributed by atoms with Crippen molar-refractivity contribution >= 4 is 60.1 Å². The van der Waals surface area contributed by atoms with Crippen molar-refractivity contribution in [3.63, 3.8) is 0 Å². The van der Waals surface area contributed by atoms with Crippen LogP contribution in [0.3, 0.4) is 0 Å². The average Bonchev–Trinajstić information content (AvgIpc) is 3.27. The highest BCUT2D eigenvalue weighted by atomic mass is 32.1. The lowest BCUT2D eigenvalue weighted by molar-refractivity contribution is -0.124. The van der Waals surface area contributed by atoms with Crippen LogP contribution in [0.15, 0.2) is 29.3 Å². The minimum atomic E-state index is -0.461. The normalized spacial score (nSPS) is 11.1. The second-order valence-corrected chi connectivity index (χ2v) is 9.05. The smallest absolute Gasteiger partial charge is 0.262 e. The van der Waals surface area contributed by atoms with E-state index in [4.69, 9.17) is 4.74 Å². The Kier molecular flexibility index (Phi) is 5.70. The maximum atomic E-state index is 12.7. The fourth-order valence-corrected chi connectivity index (χ4v) is 4.92. The molecule has 0 saturated carbocycles. The molecule has 3 aromatic heterocycles.